The van der Waals surface area contributed by atoms with E-state index in [0.29, 0.717) is 11.3 Å². The van der Waals surface area contributed by atoms with Gasteiger partial charge in [-0.15, -0.1) is 0 Å². The number of esters is 1. The van der Waals surface area contributed by atoms with E-state index in [1.54, 1.807) is 0 Å². The Hall–Kier alpha value is -1.65. The molecule has 0 fully saturated rings. The van der Waals surface area contributed by atoms with E-state index in [2.05, 4.69) is 14.7 Å². The molecule has 0 aliphatic heterocycles. The van der Waals surface area contributed by atoms with Crippen molar-refractivity contribution in [2.45, 2.75) is 19.8 Å². The lowest BCUT2D eigenvalue weighted by Crippen LogP contribution is -2.18. The number of rotatable bonds is 2. The molecular weight excluding hydrogens is 184 g/mol. The number of nitrogens with one attached hydrogen (secondary N) is 1. The Morgan fingerprint density at radius 1 is 1.57 bits per heavy atom. The van der Waals surface area contributed by atoms with E-state index in [9.17, 15) is 9.59 Å². The molecule has 5 nitrogen and oxygen atoms in total. The van der Waals surface area contributed by atoms with Crippen molar-refractivity contribution in [1.29, 1.82) is 0 Å². The van der Waals surface area contributed by atoms with E-state index < -0.39 is 11.7 Å². The fourth-order valence-electron chi connectivity index (χ4n) is 1.12. The second-order valence-electron chi connectivity index (χ2n) is 3.15. The molecule has 0 atom stereocenters. The topological polar surface area (TPSA) is 72.1 Å². The number of ether oxygens (including phenoxy) is 1. The van der Waals surface area contributed by atoms with Gasteiger partial charge in [0.2, 0.25) is 0 Å². The van der Waals surface area contributed by atoms with Crippen LogP contribution in [0, 0.1) is 0 Å². The number of aromatic nitrogens is 2. The number of nitrogens with zero attached hydrogens (tertiary/aromatic N) is 1. The van der Waals surface area contributed by atoms with E-state index in [-0.39, 0.29) is 5.92 Å². The summed E-state index contributed by atoms with van der Waals surface area (Å²) < 4.78 is 4.57. The van der Waals surface area contributed by atoms with Gasteiger partial charge in [0.1, 0.15) is 0 Å². The van der Waals surface area contributed by atoms with Gasteiger partial charge in [-0.25, -0.2) is 9.59 Å². The molecule has 1 aromatic heterocycles. The van der Waals surface area contributed by atoms with E-state index in [0.717, 1.165) is 0 Å². The first kappa shape index (κ1) is 10.4. The van der Waals surface area contributed by atoms with Gasteiger partial charge in [0.25, 0.3) is 0 Å². The lowest BCUT2D eigenvalue weighted by Gasteiger charge is -2.07. The molecule has 0 aliphatic carbocycles. The SMILES string of the molecule is COC(=O)c1c[nH]c(=O)nc1C(C)C. The third-order valence-corrected chi connectivity index (χ3v) is 1.79. The fourth-order valence-corrected chi connectivity index (χ4v) is 1.12. The summed E-state index contributed by atoms with van der Waals surface area (Å²) in [7, 11) is 1.29. The average Bonchev–Trinajstić information content (AvgIpc) is 2.16. The highest BCUT2D eigenvalue weighted by Crippen LogP contribution is 2.14. The van der Waals surface area contributed by atoms with Crippen LogP contribution in [-0.4, -0.2) is 23.0 Å². The van der Waals surface area contributed by atoms with E-state index in [1.807, 2.05) is 13.8 Å². The molecule has 0 spiro atoms. The van der Waals surface area contributed by atoms with Gasteiger partial charge >= 0.3 is 11.7 Å². The maximum atomic E-state index is 11.3. The first-order valence-electron chi connectivity index (χ1n) is 4.24. The summed E-state index contributed by atoms with van der Waals surface area (Å²) >= 11 is 0. The Balaban J connectivity index is 3.28. The molecule has 1 aromatic rings. The summed E-state index contributed by atoms with van der Waals surface area (Å²) in [6.45, 7) is 3.71. The highest BCUT2D eigenvalue weighted by Gasteiger charge is 2.16. The van der Waals surface area contributed by atoms with Crippen molar-refractivity contribution in [3.63, 3.8) is 0 Å². The highest BCUT2D eigenvalue weighted by atomic mass is 16.5. The normalized spacial score (nSPS) is 10.3. The van der Waals surface area contributed by atoms with Crippen molar-refractivity contribution in [2.24, 2.45) is 0 Å². The summed E-state index contributed by atoms with van der Waals surface area (Å²) in [5.74, 6) is -0.483. The average molecular weight is 196 g/mol. The van der Waals surface area contributed by atoms with Crippen LogP contribution in [0.1, 0.15) is 35.8 Å². The zero-order valence-electron chi connectivity index (χ0n) is 8.33. The highest BCUT2D eigenvalue weighted by molar-refractivity contribution is 5.90. The molecule has 1 rings (SSSR count). The molecule has 0 aliphatic rings. The van der Waals surface area contributed by atoms with Crippen LogP contribution in [0.15, 0.2) is 11.0 Å². The maximum absolute atomic E-state index is 11.3. The van der Waals surface area contributed by atoms with Crippen LogP contribution in [0.2, 0.25) is 0 Å². The van der Waals surface area contributed by atoms with Gasteiger partial charge in [0.05, 0.1) is 18.4 Å². The summed E-state index contributed by atoms with van der Waals surface area (Å²) in [4.78, 5) is 28.3. The van der Waals surface area contributed by atoms with Crippen molar-refractivity contribution in [3.8, 4) is 0 Å². The van der Waals surface area contributed by atoms with Gasteiger partial charge in [-0.1, -0.05) is 13.8 Å². The third-order valence-electron chi connectivity index (χ3n) is 1.79. The van der Waals surface area contributed by atoms with Crippen molar-refractivity contribution in [1.82, 2.24) is 9.97 Å². The number of methoxy groups -OCH3 is 1. The first-order chi connectivity index (χ1) is 6.56. The maximum Gasteiger partial charge on any atom is 0.345 e. The van der Waals surface area contributed by atoms with Crippen LogP contribution in [-0.2, 0) is 4.74 Å². The van der Waals surface area contributed by atoms with Crippen molar-refractivity contribution < 1.29 is 9.53 Å². The predicted octanol–water partition coefficient (Wildman–Crippen LogP) is 0.680. The van der Waals surface area contributed by atoms with Crippen molar-refractivity contribution in [3.05, 3.63) is 27.9 Å². The summed E-state index contributed by atoms with van der Waals surface area (Å²) in [5, 5.41) is 0. The van der Waals surface area contributed by atoms with Crippen molar-refractivity contribution >= 4 is 5.97 Å². The lowest BCUT2D eigenvalue weighted by atomic mass is 10.1. The lowest BCUT2D eigenvalue weighted by molar-refractivity contribution is 0.0597. The standard InChI is InChI=1S/C9H12N2O3/c1-5(2)7-6(8(12)14-3)4-10-9(13)11-7/h4-5H,1-3H3,(H,10,11,13). The molecule has 0 aromatic carbocycles. The first-order valence-corrected chi connectivity index (χ1v) is 4.24. The van der Waals surface area contributed by atoms with Gasteiger partial charge in [-0.2, -0.15) is 4.98 Å². The molecule has 1 N–H and O–H groups in total. The molecule has 5 heteroatoms. The van der Waals surface area contributed by atoms with Gasteiger partial charge in [0, 0.05) is 6.20 Å². The molecule has 0 saturated carbocycles. The van der Waals surface area contributed by atoms with Crippen LogP contribution >= 0.6 is 0 Å². The molecule has 0 radical (unpaired) electrons. The monoisotopic (exact) mass is 196 g/mol. The van der Waals surface area contributed by atoms with Crippen LogP contribution in [0.5, 0.6) is 0 Å². The number of H-pyrrole nitrogens is 1. The Bertz CT molecular complexity index is 395. The van der Waals surface area contributed by atoms with Gasteiger partial charge in [-0.3, -0.25) is 0 Å². The Kier molecular flexibility index (Phi) is 3.01. The zero-order chi connectivity index (χ0) is 10.7. The second-order valence-corrected chi connectivity index (χ2v) is 3.15. The number of carbonyl (C=O) groups is 1. The zero-order valence-corrected chi connectivity index (χ0v) is 8.33. The Morgan fingerprint density at radius 3 is 2.71 bits per heavy atom. The second kappa shape index (κ2) is 4.04. The van der Waals surface area contributed by atoms with E-state index in [4.69, 9.17) is 0 Å². The molecular formula is C9H12N2O3. The van der Waals surface area contributed by atoms with Gasteiger partial charge in [0.15, 0.2) is 0 Å². The summed E-state index contributed by atoms with van der Waals surface area (Å²) in [6, 6.07) is 0. The molecule has 14 heavy (non-hydrogen) atoms. The molecule has 0 saturated heterocycles. The minimum atomic E-state index is -0.488. The largest absolute Gasteiger partial charge is 0.465 e. The Morgan fingerprint density at radius 2 is 2.21 bits per heavy atom. The number of carbonyl (C=O) groups excluding carboxylic acids is 1. The Labute approximate surface area is 81.1 Å². The third kappa shape index (κ3) is 1.99. The predicted molar refractivity (Wildman–Crippen MR) is 50.3 cm³/mol. The minimum absolute atomic E-state index is 0.00593. The van der Waals surface area contributed by atoms with E-state index in [1.165, 1.54) is 13.3 Å². The fraction of sp³-hybridized carbons (Fsp3) is 0.444. The summed E-state index contributed by atoms with van der Waals surface area (Å²) in [5.41, 5.74) is 0.309. The van der Waals surface area contributed by atoms with Gasteiger partial charge in [-0.05, 0) is 5.92 Å². The number of hydrogen-bond acceptors (Lipinski definition) is 4. The van der Waals surface area contributed by atoms with Crippen LogP contribution in [0.4, 0.5) is 0 Å². The van der Waals surface area contributed by atoms with Crippen LogP contribution in [0.3, 0.4) is 0 Å². The molecule has 76 valence electrons. The van der Waals surface area contributed by atoms with Gasteiger partial charge < -0.3 is 9.72 Å². The smallest absolute Gasteiger partial charge is 0.345 e. The van der Waals surface area contributed by atoms with Crippen LogP contribution in [0.25, 0.3) is 0 Å². The summed E-state index contributed by atoms with van der Waals surface area (Å²) in [6.07, 6.45) is 1.33. The molecule has 0 unspecified atom stereocenters. The number of aromatic amines is 1. The molecule has 1 heterocycles. The van der Waals surface area contributed by atoms with Crippen molar-refractivity contribution in [2.75, 3.05) is 7.11 Å². The molecule has 0 amide bonds. The molecule has 0 bridgehead atoms. The van der Waals surface area contributed by atoms with Crippen LogP contribution < -0.4 is 5.69 Å². The number of hydrogen-bond donors (Lipinski definition) is 1. The minimum Gasteiger partial charge on any atom is -0.465 e. The quantitative estimate of drug-likeness (QED) is 0.706. The van der Waals surface area contributed by atoms with E-state index >= 15 is 0 Å².